The first-order valence-corrected chi connectivity index (χ1v) is 11.5. The van der Waals surface area contributed by atoms with E-state index in [4.69, 9.17) is 4.74 Å². The van der Waals surface area contributed by atoms with Crippen LogP contribution in [0.4, 0.5) is 0 Å². The molecule has 8 heteroatoms. The number of benzene rings is 3. The molecule has 0 N–H and O–H groups in total. The number of hydrogen-bond acceptors (Lipinski definition) is 5. The number of fused-ring (bicyclic) bond motifs is 2. The van der Waals surface area contributed by atoms with Gasteiger partial charge < -0.3 is 4.74 Å². The van der Waals surface area contributed by atoms with Gasteiger partial charge >= 0.3 is 23.0 Å². The van der Waals surface area contributed by atoms with Crippen molar-refractivity contribution in [3.8, 4) is 0 Å². The minimum atomic E-state index is -0.733. The van der Waals surface area contributed by atoms with Gasteiger partial charge in [-0.1, -0.05) is 55.5 Å². The molecule has 1 atom stereocenters. The molecule has 4 rings (SSSR count). The lowest BCUT2D eigenvalue weighted by Gasteiger charge is -2.20. The van der Waals surface area contributed by atoms with E-state index in [0.717, 1.165) is 35.2 Å². The van der Waals surface area contributed by atoms with E-state index in [1.54, 1.807) is 13.8 Å². The highest BCUT2D eigenvalue weighted by atomic mass is 16.5. The van der Waals surface area contributed by atoms with Gasteiger partial charge in [0.1, 0.15) is 6.10 Å². The molecule has 0 radical (unpaired) electrons. The molecule has 34 heavy (non-hydrogen) atoms. The molecule has 4 aromatic rings. The molecule has 0 fully saturated rings. The molecule has 1 unspecified atom stereocenters. The number of carbonyl (C=O) groups excluding carboxylic acids is 1. The third kappa shape index (κ3) is 3.96. The smallest absolute Gasteiger partial charge is 0.339 e. The lowest BCUT2D eigenvalue weighted by Crippen LogP contribution is -2.55. The van der Waals surface area contributed by atoms with E-state index in [1.807, 2.05) is 61.5 Å². The van der Waals surface area contributed by atoms with E-state index in [1.165, 1.54) is 0 Å². The summed E-state index contributed by atoms with van der Waals surface area (Å²) >= 11 is 0. The van der Waals surface area contributed by atoms with Gasteiger partial charge in [-0.05, 0) is 47.9 Å². The average Bonchev–Trinajstić information content (AvgIpc) is 2.84. The maximum absolute atomic E-state index is 13.5. The summed E-state index contributed by atoms with van der Waals surface area (Å²) in [6, 6.07) is 17.2. The summed E-state index contributed by atoms with van der Waals surface area (Å²) < 4.78 is 8.87. The van der Waals surface area contributed by atoms with Crippen LogP contribution in [0.5, 0.6) is 0 Å². The van der Waals surface area contributed by atoms with Crippen LogP contribution in [0.1, 0.15) is 37.6 Å². The summed E-state index contributed by atoms with van der Waals surface area (Å²) in [6.45, 7) is 5.29. The highest BCUT2D eigenvalue weighted by Crippen LogP contribution is 2.29. The van der Waals surface area contributed by atoms with Gasteiger partial charge in [0.15, 0.2) is 0 Å². The molecule has 0 aliphatic carbocycles. The van der Waals surface area contributed by atoms with Gasteiger partial charge in [0.25, 0.3) is 0 Å². The maximum atomic E-state index is 13.5. The van der Waals surface area contributed by atoms with E-state index in [-0.39, 0.29) is 19.6 Å². The molecule has 0 aliphatic heterocycles. The molecule has 0 amide bonds. The average molecular weight is 462 g/mol. The molecule has 1 heterocycles. The topological polar surface area (TPSA) is 92.3 Å². The second-order valence-electron chi connectivity index (χ2n) is 8.08. The third-order valence-electron chi connectivity index (χ3n) is 6.11. The number of hydrogen-bond donors (Lipinski definition) is 0. The third-order valence-corrected chi connectivity index (χ3v) is 6.11. The van der Waals surface area contributed by atoms with Crippen LogP contribution in [0, 0.1) is 0 Å². The zero-order valence-corrected chi connectivity index (χ0v) is 19.5. The highest BCUT2D eigenvalue weighted by Gasteiger charge is 2.22. The number of ether oxygens (including phenoxy) is 1. The van der Waals surface area contributed by atoms with Crippen LogP contribution < -0.4 is 17.1 Å². The summed E-state index contributed by atoms with van der Waals surface area (Å²) in [7, 11) is 0. The predicted molar refractivity (Wildman–Crippen MR) is 132 cm³/mol. The van der Waals surface area contributed by atoms with Crippen LogP contribution in [-0.2, 0) is 24.4 Å². The second kappa shape index (κ2) is 9.51. The summed E-state index contributed by atoms with van der Waals surface area (Å²) in [5.41, 5.74) is -1.59. The van der Waals surface area contributed by atoms with E-state index in [0.29, 0.717) is 12.0 Å². The maximum Gasteiger partial charge on any atom is 0.339 e. The molecule has 8 nitrogen and oxygen atoms in total. The fourth-order valence-corrected chi connectivity index (χ4v) is 4.28. The van der Waals surface area contributed by atoms with E-state index >= 15 is 0 Å². The van der Waals surface area contributed by atoms with Gasteiger partial charge in [-0.25, -0.2) is 32.9 Å². The zero-order chi connectivity index (χ0) is 24.4. The minimum Gasteiger partial charge on any atom is -0.457 e. The van der Waals surface area contributed by atoms with Crippen molar-refractivity contribution >= 4 is 27.5 Å². The van der Waals surface area contributed by atoms with Gasteiger partial charge in [-0.3, -0.25) is 0 Å². The van der Waals surface area contributed by atoms with Crippen molar-refractivity contribution in [2.45, 2.75) is 52.9 Å². The van der Waals surface area contributed by atoms with E-state index in [2.05, 4.69) is 0 Å². The van der Waals surface area contributed by atoms with Crippen molar-refractivity contribution in [2.24, 2.45) is 0 Å². The normalized spacial score (nSPS) is 12.2. The Morgan fingerprint density at radius 2 is 1.24 bits per heavy atom. The van der Waals surface area contributed by atoms with Crippen molar-refractivity contribution in [1.29, 1.82) is 0 Å². The van der Waals surface area contributed by atoms with Gasteiger partial charge in [0.05, 0.1) is 12.1 Å². The summed E-state index contributed by atoms with van der Waals surface area (Å²) in [4.78, 5) is 51.6. The van der Waals surface area contributed by atoms with Crippen LogP contribution in [0.2, 0.25) is 0 Å². The van der Waals surface area contributed by atoms with Gasteiger partial charge in [-0.15, -0.1) is 0 Å². The predicted octanol–water partition coefficient (Wildman–Crippen LogP) is 3.15. The Kier molecular flexibility index (Phi) is 6.49. The summed E-state index contributed by atoms with van der Waals surface area (Å²) in [5, 5.41) is 3.37. The molecule has 0 saturated heterocycles. The first-order valence-electron chi connectivity index (χ1n) is 11.5. The number of nitrogens with zero attached hydrogens (tertiary/aromatic N) is 3. The fraction of sp³-hybridized carbons (Fsp3) is 0.308. The molecular formula is C26H27N3O5. The summed E-state index contributed by atoms with van der Waals surface area (Å²) in [6.07, 6.45) is -0.346. The molecule has 3 aromatic carbocycles. The molecule has 0 bridgehead atoms. The molecule has 0 aliphatic rings. The Morgan fingerprint density at radius 3 is 1.71 bits per heavy atom. The van der Waals surface area contributed by atoms with Gasteiger partial charge in [0.2, 0.25) is 0 Å². The summed E-state index contributed by atoms with van der Waals surface area (Å²) in [5.74, 6) is -0.521. The number of carbonyl (C=O) groups is 1. The van der Waals surface area contributed by atoms with Gasteiger partial charge in [0, 0.05) is 13.1 Å². The molecule has 0 saturated carbocycles. The first kappa shape index (κ1) is 23.2. The monoisotopic (exact) mass is 461 g/mol. The standard InChI is InChI=1S/C26H27N3O5/c1-4-19(16-29-25(32)27(5-2)24(31)28(6-3)26(29)33)34-23(30)22-20-13-9-7-11-17(20)15-18-12-8-10-14-21(18)22/h7-15,19H,4-6,16H2,1-3H3. The Bertz CT molecular complexity index is 1470. The Morgan fingerprint density at radius 1 is 0.765 bits per heavy atom. The van der Waals surface area contributed by atoms with Crippen LogP contribution in [-0.4, -0.2) is 25.8 Å². The van der Waals surface area contributed by atoms with Crippen molar-refractivity contribution in [3.05, 3.63) is 91.6 Å². The van der Waals surface area contributed by atoms with Crippen LogP contribution in [0.3, 0.4) is 0 Å². The largest absolute Gasteiger partial charge is 0.457 e. The molecule has 1 aromatic heterocycles. The van der Waals surface area contributed by atoms with Crippen molar-refractivity contribution in [2.75, 3.05) is 0 Å². The Hall–Kier alpha value is -3.94. The van der Waals surface area contributed by atoms with Crippen molar-refractivity contribution in [1.82, 2.24) is 13.7 Å². The number of aromatic nitrogens is 3. The van der Waals surface area contributed by atoms with Crippen LogP contribution >= 0.6 is 0 Å². The first-order chi connectivity index (χ1) is 16.4. The quantitative estimate of drug-likeness (QED) is 0.311. The molecule has 176 valence electrons. The van der Waals surface area contributed by atoms with Crippen molar-refractivity contribution < 1.29 is 9.53 Å². The lowest BCUT2D eigenvalue weighted by atomic mass is 9.97. The minimum absolute atomic E-state index is 0.135. The Labute approximate surface area is 195 Å². The Balaban J connectivity index is 1.76. The van der Waals surface area contributed by atoms with E-state index < -0.39 is 29.1 Å². The van der Waals surface area contributed by atoms with Crippen LogP contribution in [0.25, 0.3) is 21.5 Å². The van der Waals surface area contributed by atoms with Gasteiger partial charge in [-0.2, -0.15) is 0 Å². The second-order valence-corrected chi connectivity index (χ2v) is 8.08. The number of esters is 1. The zero-order valence-electron chi connectivity index (χ0n) is 19.5. The molecule has 0 spiro atoms. The van der Waals surface area contributed by atoms with Crippen molar-refractivity contribution in [3.63, 3.8) is 0 Å². The highest BCUT2D eigenvalue weighted by molar-refractivity contribution is 6.16. The van der Waals surface area contributed by atoms with Crippen LogP contribution in [0.15, 0.2) is 69.0 Å². The van der Waals surface area contributed by atoms with E-state index in [9.17, 15) is 19.2 Å². The molecular weight excluding hydrogens is 434 g/mol. The fourth-order valence-electron chi connectivity index (χ4n) is 4.28. The lowest BCUT2D eigenvalue weighted by molar-refractivity contribution is 0.0246. The number of rotatable bonds is 7. The SMILES string of the molecule is CCC(Cn1c(=O)n(CC)c(=O)n(CC)c1=O)OC(=O)c1c2ccccc2cc2ccccc12.